The van der Waals surface area contributed by atoms with Crippen LogP contribution in [0.15, 0.2) is 30.3 Å². The fourth-order valence-corrected chi connectivity index (χ4v) is 4.04. The number of morpholine rings is 1. The fraction of sp³-hybridized carbons (Fsp3) is 0.611. The molecule has 0 spiro atoms. The van der Waals surface area contributed by atoms with Gasteiger partial charge in [0.15, 0.2) is 0 Å². The van der Waals surface area contributed by atoms with E-state index in [9.17, 15) is 18.3 Å². The zero-order chi connectivity index (χ0) is 20.5. The molecule has 3 fully saturated rings. The smallest absolute Gasteiger partial charge is 0.397 e. The molecule has 0 aromatic heterocycles. The number of carbonyl (C=O) groups is 1. The van der Waals surface area contributed by atoms with Gasteiger partial charge in [0.1, 0.15) is 24.2 Å². The Morgan fingerprint density at radius 1 is 1.25 bits per heavy atom. The van der Waals surface area contributed by atoms with Crippen molar-refractivity contribution in [3.8, 4) is 0 Å². The summed E-state index contributed by atoms with van der Waals surface area (Å²) in [6.07, 6.45) is 2.26. The highest BCUT2D eigenvalue weighted by Crippen LogP contribution is 2.48. The molecule has 5 atom stereocenters. The normalized spacial score (nSPS) is 31.9. The molecule has 0 amide bonds. The van der Waals surface area contributed by atoms with Crippen LogP contribution in [0.1, 0.15) is 24.3 Å². The molecule has 3 aliphatic heterocycles. The van der Waals surface area contributed by atoms with Crippen LogP contribution in [0.3, 0.4) is 0 Å². The molecule has 0 radical (unpaired) electrons. The van der Waals surface area contributed by atoms with E-state index in [0.29, 0.717) is 24.3 Å². The predicted octanol–water partition coefficient (Wildman–Crippen LogP) is 0.354. The Morgan fingerprint density at radius 3 is 2.25 bits per heavy atom. The minimum atomic E-state index is -4.16. The van der Waals surface area contributed by atoms with E-state index in [1.165, 1.54) is 0 Å². The summed E-state index contributed by atoms with van der Waals surface area (Å²) in [5, 5.41) is 9.56. The molecule has 2 bridgehead atoms. The van der Waals surface area contributed by atoms with E-state index >= 15 is 0 Å². The van der Waals surface area contributed by atoms with Gasteiger partial charge in [0.2, 0.25) is 0 Å². The quantitative estimate of drug-likeness (QED) is 0.398. The van der Waals surface area contributed by atoms with E-state index in [0.717, 1.165) is 25.5 Å². The first-order valence-electron chi connectivity index (χ1n) is 9.02. The number of likely N-dealkylation sites (N-methyl/N-ethyl adjacent to an activating group) is 1. The van der Waals surface area contributed by atoms with Crippen LogP contribution in [-0.2, 0) is 28.9 Å². The number of hydrogen-bond donors (Lipinski definition) is 2. The van der Waals surface area contributed by atoms with Crippen molar-refractivity contribution in [2.45, 2.75) is 49.2 Å². The number of benzene rings is 1. The number of epoxide rings is 1. The van der Waals surface area contributed by atoms with Crippen molar-refractivity contribution in [2.24, 2.45) is 0 Å². The molecule has 0 saturated carbocycles. The van der Waals surface area contributed by atoms with Gasteiger partial charge in [-0.3, -0.25) is 18.4 Å². The number of aliphatic hydroxyl groups is 1. The summed E-state index contributed by atoms with van der Waals surface area (Å²) >= 11 is 0. The minimum absolute atomic E-state index is 0.0622. The third-order valence-corrected chi connectivity index (χ3v) is 5.96. The Bertz CT molecular complexity index is 768. The number of piperidine rings is 1. The van der Waals surface area contributed by atoms with Crippen LogP contribution in [0.5, 0.6) is 0 Å². The SMILES string of the molecule is CN1C2CC(OC(=O)C(CO)c3ccccc3)CC1C1OC12.COS(=O)(=O)O. The summed E-state index contributed by atoms with van der Waals surface area (Å²) in [6.45, 7) is -0.226. The molecule has 2 N–H and O–H groups in total. The van der Waals surface area contributed by atoms with Crippen LogP contribution < -0.4 is 0 Å². The van der Waals surface area contributed by atoms with Crippen molar-refractivity contribution >= 4 is 16.4 Å². The largest absolute Gasteiger partial charge is 0.462 e. The van der Waals surface area contributed by atoms with Crippen LogP contribution >= 0.6 is 0 Å². The maximum Gasteiger partial charge on any atom is 0.397 e. The van der Waals surface area contributed by atoms with Gasteiger partial charge >= 0.3 is 16.4 Å². The first-order valence-corrected chi connectivity index (χ1v) is 10.4. The molecule has 3 heterocycles. The molecule has 3 saturated heterocycles. The number of aliphatic hydroxyl groups excluding tert-OH is 1. The lowest BCUT2D eigenvalue weighted by atomic mass is 9.97. The molecule has 9 nitrogen and oxygen atoms in total. The van der Waals surface area contributed by atoms with Gasteiger partial charge in [-0.25, -0.2) is 0 Å². The number of hydrogen-bond acceptors (Lipinski definition) is 8. The first kappa shape index (κ1) is 21.2. The predicted molar refractivity (Wildman–Crippen MR) is 97.9 cm³/mol. The number of esters is 1. The standard InChI is InChI=1S/C17H21NO4.CH4O4S/c1-18-13-7-11(8-14(18)16-15(13)22-16)21-17(20)12(9-19)10-5-3-2-4-6-10;1-5-6(2,3)4/h2-6,11-16,19H,7-9H2,1H3;1H3,(H,2,3,4). The van der Waals surface area contributed by atoms with E-state index in [1.54, 1.807) is 0 Å². The van der Waals surface area contributed by atoms with Gasteiger partial charge in [0.05, 0.1) is 13.7 Å². The third-order valence-electron chi connectivity index (χ3n) is 5.54. The van der Waals surface area contributed by atoms with Crippen molar-refractivity contribution in [2.75, 3.05) is 20.8 Å². The van der Waals surface area contributed by atoms with Gasteiger partial charge in [-0.05, 0) is 12.6 Å². The van der Waals surface area contributed by atoms with Gasteiger partial charge in [0.25, 0.3) is 0 Å². The maximum absolute atomic E-state index is 12.4. The summed E-state index contributed by atoms with van der Waals surface area (Å²) in [6, 6.07) is 10.1. The number of ether oxygens (including phenoxy) is 2. The average molecular weight is 415 g/mol. The van der Waals surface area contributed by atoms with Crippen LogP contribution in [-0.4, -0.2) is 80.1 Å². The van der Waals surface area contributed by atoms with Crippen LogP contribution in [0.2, 0.25) is 0 Å². The monoisotopic (exact) mass is 415 g/mol. The van der Waals surface area contributed by atoms with E-state index in [2.05, 4.69) is 16.1 Å². The summed E-state index contributed by atoms with van der Waals surface area (Å²) in [4.78, 5) is 14.8. The highest BCUT2D eigenvalue weighted by molar-refractivity contribution is 7.80. The van der Waals surface area contributed by atoms with Gasteiger partial charge in [0, 0.05) is 24.9 Å². The molecule has 156 valence electrons. The van der Waals surface area contributed by atoms with E-state index in [4.69, 9.17) is 14.0 Å². The maximum atomic E-state index is 12.4. The Hall–Kier alpha value is -1.56. The van der Waals surface area contributed by atoms with Gasteiger partial charge in [-0.15, -0.1) is 0 Å². The topological polar surface area (TPSA) is 126 Å². The molecule has 10 heteroatoms. The Morgan fingerprint density at radius 2 is 1.79 bits per heavy atom. The zero-order valence-electron chi connectivity index (χ0n) is 15.7. The molecule has 1 aromatic carbocycles. The first-order chi connectivity index (χ1) is 13.2. The lowest BCUT2D eigenvalue weighted by molar-refractivity contribution is -0.156. The summed E-state index contributed by atoms with van der Waals surface area (Å²) in [7, 11) is -1.16. The molecular weight excluding hydrogens is 390 g/mol. The van der Waals surface area contributed by atoms with Crippen molar-refractivity contribution in [1.82, 2.24) is 4.90 Å². The molecule has 4 rings (SSSR count). The van der Waals surface area contributed by atoms with Crippen LogP contribution in [0.25, 0.3) is 0 Å². The van der Waals surface area contributed by atoms with Crippen molar-refractivity contribution < 1.29 is 36.5 Å². The Balaban J connectivity index is 0.000000330. The number of fused-ring (bicyclic) bond motifs is 5. The zero-order valence-corrected chi connectivity index (χ0v) is 16.5. The lowest BCUT2D eigenvalue weighted by Gasteiger charge is -2.38. The summed E-state index contributed by atoms with van der Waals surface area (Å²) < 4.78 is 41.1. The molecule has 1 aromatic rings. The van der Waals surface area contributed by atoms with E-state index in [1.807, 2.05) is 30.3 Å². The highest BCUT2D eigenvalue weighted by atomic mass is 32.3. The van der Waals surface area contributed by atoms with E-state index < -0.39 is 16.3 Å². The van der Waals surface area contributed by atoms with Gasteiger partial charge in [-0.2, -0.15) is 8.42 Å². The minimum Gasteiger partial charge on any atom is -0.462 e. The Labute approximate surface area is 164 Å². The third kappa shape index (κ3) is 4.70. The molecule has 28 heavy (non-hydrogen) atoms. The van der Waals surface area contributed by atoms with Crippen molar-refractivity contribution in [3.05, 3.63) is 35.9 Å². The highest BCUT2D eigenvalue weighted by Gasteiger charge is 2.62. The molecular formula is C18H25NO8S. The van der Waals surface area contributed by atoms with Crippen LogP contribution in [0, 0.1) is 0 Å². The Kier molecular flexibility index (Phi) is 6.37. The fourth-order valence-electron chi connectivity index (χ4n) is 4.04. The van der Waals surface area contributed by atoms with Gasteiger partial charge in [-0.1, -0.05) is 30.3 Å². The molecule has 0 aliphatic carbocycles. The lowest BCUT2D eigenvalue weighted by Crippen LogP contribution is -2.48. The molecule has 5 unspecified atom stereocenters. The van der Waals surface area contributed by atoms with Crippen LogP contribution in [0.4, 0.5) is 0 Å². The summed E-state index contributed by atoms with van der Waals surface area (Å²) in [5.41, 5.74) is 0.803. The van der Waals surface area contributed by atoms with E-state index in [-0.39, 0.29) is 18.7 Å². The molecule has 3 aliphatic rings. The van der Waals surface area contributed by atoms with Crippen molar-refractivity contribution in [3.63, 3.8) is 0 Å². The second kappa shape index (κ2) is 8.44. The second-order valence-corrected chi connectivity index (χ2v) is 8.32. The second-order valence-electron chi connectivity index (χ2n) is 7.14. The van der Waals surface area contributed by atoms with Crippen molar-refractivity contribution in [1.29, 1.82) is 0 Å². The van der Waals surface area contributed by atoms with Gasteiger partial charge < -0.3 is 14.6 Å². The average Bonchev–Trinajstić information content (AvgIpc) is 3.41. The number of rotatable bonds is 5. The number of carbonyl (C=O) groups excluding carboxylic acids is 1. The number of nitrogens with zero attached hydrogens (tertiary/aromatic N) is 1. The summed E-state index contributed by atoms with van der Waals surface area (Å²) in [5.74, 6) is -0.915.